The van der Waals surface area contributed by atoms with Gasteiger partial charge in [0.15, 0.2) is 0 Å². The van der Waals surface area contributed by atoms with E-state index >= 15 is 0 Å². The van der Waals surface area contributed by atoms with E-state index in [1.54, 1.807) is 6.07 Å². The molecule has 0 aromatic heterocycles. The molecule has 3 nitrogen and oxygen atoms in total. The molecule has 1 spiro atoms. The quantitative estimate of drug-likeness (QED) is 0.735. The average molecular weight is 270 g/mol. The fourth-order valence-corrected chi connectivity index (χ4v) is 3.01. The molecule has 0 radical (unpaired) electrons. The first-order valence-corrected chi connectivity index (χ1v) is 6.16. The monoisotopic (exact) mass is 270 g/mol. The van der Waals surface area contributed by atoms with Crippen molar-refractivity contribution in [3.63, 3.8) is 0 Å². The maximum absolute atomic E-state index is 12.6. The summed E-state index contributed by atoms with van der Waals surface area (Å²) >= 11 is 0. The average Bonchev–Trinajstić information content (AvgIpc) is 2.63. The maximum Gasteiger partial charge on any atom is 0.459 e. The molecule has 19 heavy (non-hydrogen) atoms. The summed E-state index contributed by atoms with van der Waals surface area (Å²) in [6, 6.07) is 7.24. The Labute approximate surface area is 108 Å². The second-order valence-corrected chi connectivity index (χ2v) is 5.04. The van der Waals surface area contributed by atoms with Crippen LogP contribution in [-0.2, 0) is 10.2 Å². The highest BCUT2D eigenvalue weighted by Gasteiger charge is 2.51. The number of fused-ring (bicyclic) bond motifs is 2. The number of alkyl halides is 3. The van der Waals surface area contributed by atoms with Crippen LogP contribution in [0.25, 0.3) is 0 Å². The van der Waals surface area contributed by atoms with E-state index in [-0.39, 0.29) is 31.8 Å². The summed E-state index contributed by atoms with van der Waals surface area (Å²) in [4.78, 5) is 12.6. The van der Waals surface area contributed by atoms with Gasteiger partial charge in [-0.3, -0.25) is 4.79 Å². The number of rotatable bonds is 0. The Morgan fingerprint density at radius 1 is 1.16 bits per heavy atom. The van der Waals surface area contributed by atoms with Gasteiger partial charge in [-0.15, -0.1) is 0 Å². The van der Waals surface area contributed by atoms with Crippen molar-refractivity contribution in [2.24, 2.45) is 0 Å². The Balaban J connectivity index is 1.89. The van der Waals surface area contributed by atoms with Crippen LogP contribution in [-0.4, -0.2) is 30.2 Å². The molecule has 2 aliphatic rings. The summed E-state index contributed by atoms with van der Waals surface area (Å²) in [5, 5.41) is 2.77. The molecule has 0 aliphatic carbocycles. The number of para-hydroxylation sites is 1. The lowest BCUT2D eigenvalue weighted by Crippen LogP contribution is -2.50. The fourth-order valence-electron chi connectivity index (χ4n) is 3.01. The largest absolute Gasteiger partial charge is 0.459 e. The van der Waals surface area contributed by atoms with Gasteiger partial charge in [-0.1, -0.05) is 18.2 Å². The van der Waals surface area contributed by atoms with E-state index in [1.165, 1.54) is 0 Å². The Hall–Kier alpha value is -1.56. The number of anilines is 1. The Morgan fingerprint density at radius 3 is 2.42 bits per heavy atom. The number of likely N-dealkylation sites (tertiary alicyclic amines) is 1. The molecular formula is C13H13F3N2O. The molecule has 1 fully saturated rings. The number of hydrogen-bond acceptors (Lipinski definition) is 2. The molecule has 0 saturated carbocycles. The summed E-state index contributed by atoms with van der Waals surface area (Å²) in [5.74, 6) is -0.171. The van der Waals surface area contributed by atoms with Gasteiger partial charge >= 0.3 is 6.30 Å². The minimum absolute atomic E-state index is 0.134. The van der Waals surface area contributed by atoms with Crippen molar-refractivity contribution in [1.82, 2.24) is 4.90 Å². The number of halogens is 3. The predicted molar refractivity (Wildman–Crippen MR) is 63.6 cm³/mol. The van der Waals surface area contributed by atoms with Crippen molar-refractivity contribution < 1.29 is 18.0 Å². The SMILES string of the molecule is O=C1Nc2ccccc2C12CCN(C(F)(F)F)CC2. The zero-order chi connectivity index (χ0) is 13.7. The van der Waals surface area contributed by atoms with Crippen LogP contribution in [0, 0.1) is 0 Å². The van der Waals surface area contributed by atoms with Crippen molar-refractivity contribution in [2.45, 2.75) is 24.6 Å². The van der Waals surface area contributed by atoms with Crippen molar-refractivity contribution in [2.75, 3.05) is 18.4 Å². The normalized spacial score (nSPS) is 22.4. The lowest BCUT2D eigenvalue weighted by atomic mass is 9.74. The summed E-state index contributed by atoms with van der Waals surface area (Å²) in [6.45, 7) is -0.267. The number of nitrogens with one attached hydrogen (secondary N) is 1. The number of hydrogen-bond donors (Lipinski definition) is 1. The van der Waals surface area contributed by atoms with Crippen LogP contribution in [0.5, 0.6) is 0 Å². The zero-order valence-electron chi connectivity index (χ0n) is 10.1. The zero-order valence-corrected chi connectivity index (χ0v) is 10.1. The van der Waals surface area contributed by atoms with Crippen molar-refractivity contribution in [3.8, 4) is 0 Å². The molecule has 1 saturated heterocycles. The first kappa shape index (κ1) is 12.5. The molecule has 6 heteroatoms. The fraction of sp³-hybridized carbons (Fsp3) is 0.462. The molecule has 3 rings (SSSR count). The summed E-state index contributed by atoms with van der Waals surface area (Å²) in [6.07, 6.45) is -3.90. The Kier molecular flexibility index (Phi) is 2.60. The second kappa shape index (κ2) is 3.96. The smallest absolute Gasteiger partial charge is 0.325 e. The van der Waals surface area contributed by atoms with Gasteiger partial charge in [0.1, 0.15) is 0 Å². The van der Waals surface area contributed by atoms with Gasteiger partial charge in [-0.25, -0.2) is 4.90 Å². The topological polar surface area (TPSA) is 32.3 Å². The van der Waals surface area contributed by atoms with E-state index in [1.807, 2.05) is 18.2 Å². The highest BCUT2D eigenvalue weighted by molar-refractivity contribution is 6.06. The van der Waals surface area contributed by atoms with E-state index in [4.69, 9.17) is 0 Å². The Morgan fingerprint density at radius 2 is 1.79 bits per heavy atom. The molecule has 0 atom stereocenters. The third-order valence-electron chi connectivity index (χ3n) is 4.10. The minimum atomic E-state index is -4.31. The van der Waals surface area contributed by atoms with Crippen LogP contribution in [0.3, 0.4) is 0 Å². The molecule has 1 aromatic rings. The molecule has 2 aliphatic heterocycles. The van der Waals surface area contributed by atoms with Crippen LogP contribution in [0.15, 0.2) is 24.3 Å². The third kappa shape index (κ3) is 1.82. The van der Waals surface area contributed by atoms with Crippen molar-refractivity contribution in [3.05, 3.63) is 29.8 Å². The van der Waals surface area contributed by atoms with Crippen LogP contribution in [0.2, 0.25) is 0 Å². The van der Waals surface area contributed by atoms with Crippen LogP contribution in [0.1, 0.15) is 18.4 Å². The number of piperidine rings is 1. The van der Waals surface area contributed by atoms with Gasteiger partial charge in [-0.2, -0.15) is 13.2 Å². The molecule has 1 N–H and O–H groups in total. The highest BCUT2D eigenvalue weighted by atomic mass is 19.4. The van der Waals surface area contributed by atoms with Crippen LogP contribution < -0.4 is 5.32 Å². The molecule has 0 bridgehead atoms. The molecular weight excluding hydrogens is 257 g/mol. The van der Waals surface area contributed by atoms with Gasteiger partial charge in [-0.05, 0) is 24.5 Å². The molecule has 1 aromatic carbocycles. The van der Waals surface area contributed by atoms with Gasteiger partial charge in [0.2, 0.25) is 5.91 Å². The van der Waals surface area contributed by atoms with E-state index in [0.29, 0.717) is 4.90 Å². The van der Waals surface area contributed by atoms with Crippen molar-refractivity contribution in [1.29, 1.82) is 0 Å². The maximum atomic E-state index is 12.6. The number of amides is 1. The van der Waals surface area contributed by atoms with E-state index < -0.39 is 11.7 Å². The van der Waals surface area contributed by atoms with Crippen LogP contribution in [0.4, 0.5) is 18.9 Å². The first-order valence-electron chi connectivity index (χ1n) is 6.16. The van der Waals surface area contributed by atoms with E-state index in [2.05, 4.69) is 5.32 Å². The summed E-state index contributed by atoms with van der Waals surface area (Å²) < 4.78 is 37.9. The van der Waals surface area contributed by atoms with E-state index in [0.717, 1.165) is 11.3 Å². The minimum Gasteiger partial charge on any atom is -0.325 e. The lowest BCUT2D eigenvalue weighted by molar-refractivity contribution is -0.252. The second-order valence-electron chi connectivity index (χ2n) is 5.04. The number of nitrogens with zero attached hydrogens (tertiary/aromatic N) is 1. The number of carbonyl (C=O) groups excluding carboxylic acids is 1. The molecule has 102 valence electrons. The van der Waals surface area contributed by atoms with Gasteiger partial charge in [0.05, 0.1) is 5.41 Å². The highest BCUT2D eigenvalue weighted by Crippen LogP contribution is 2.45. The lowest BCUT2D eigenvalue weighted by Gasteiger charge is -2.38. The molecule has 2 heterocycles. The van der Waals surface area contributed by atoms with E-state index in [9.17, 15) is 18.0 Å². The summed E-state index contributed by atoms with van der Waals surface area (Å²) in [5.41, 5.74) is 0.785. The number of carbonyl (C=O) groups is 1. The predicted octanol–water partition coefficient (Wildman–Crippen LogP) is 2.49. The first-order chi connectivity index (χ1) is 8.93. The van der Waals surface area contributed by atoms with Gasteiger partial charge in [0.25, 0.3) is 0 Å². The van der Waals surface area contributed by atoms with Gasteiger partial charge < -0.3 is 5.32 Å². The summed E-state index contributed by atoms with van der Waals surface area (Å²) in [7, 11) is 0. The van der Waals surface area contributed by atoms with Gasteiger partial charge in [0, 0.05) is 18.8 Å². The molecule has 1 amide bonds. The van der Waals surface area contributed by atoms with Crippen LogP contribution >= 0.6 is 0 Å². The van der Waals surface area contributed by atoms with Crippen molar-refractivity contribution >= 4 is 11.6 Å². The number of benzene rings is 1. The Bertz CT molecular complexity index is 519. The standard InChI is InChI=1S/C13H13F3N2O/c14-13(15,16)18-7-5-12(6-8-18)9-3-1-2-4-10(9)17-11(12)19/h1-4H,5-8H2,(H,17,19). The molecule has 0 unspecified atom stereocenters. The third-order valence-corrected chi connectivity index (χ3v) is 4.10.